The molecule has 238 valence electrons. The number of nitrogens with one attached hydrogen (secondary N) is 3. The number of ether oxygens (including phenoxy) is 4. The second-order valence-corrected chi connectivity index (χ2v) is 11.3. The molecule has 0 aromatic rings. The summed E-state index contributed by atoms with van der Waals surface area (Å²) in [4.78, 5) is 12.4. The number of nitrogens with two attached hydrogens (primary N) is 3. The molecule has 14 heteroatoms. The standard InChI is InChI=1S/C27H52N6O8/c1-15-14-38-27(23(36)22(15)31-2)41-26-19(33-20(35)8-9-28)11-18(30)25(24(26)37)40-21-7-3-6-17(39-21)13-32-10-4-5-16(34)12-29/h6,15-16,18-19,21-27,31-32,34,36-37H,3-5,7-14,28-30H2,1-2H3,(H,33,35)/t15-,16?,18+,19-,21-,22+,23-,24+,25-,26+,27-/m1/s1. The van der Waals surface area contributed by atoms with E-state index in [1.165, 1.54) is 0 Å². The van der Waals surface area contributed by atoms with Crippen LogP contribution in [-0.2, 0) is 23.7 Å². The molecule has 2 fully saturated rings. The molecule has 0 radical (unpaired) electrons. The third-order valence-electron chi connectivity index (χ3n) is 7.97. The Labute approximate surface area is 242 Å². The van der Waals surface area contributed by atoms with Crippen LogP contribution in [0.4, 0.5) is 0 Å². The fourth-order valence-corrected chi connectivity index (χ4v) is 5.67. The highest BCUT2D eigenvalue weighted by molar-refractivity contribution is 5.76. The topological polar surface area (TPSA) is 229 Å². The highest BCUT2D eigenvalue weighted by Crippen LogP contribution is 2.31. The van der Waals surface area contributed by atoms with Crippen molar-refractivity contribution >= 4 is 5.91 Å². The van der Waals surface area contributed by atoms with E-state index >= 15 is 0 Å². The molecule has 0 aromatic carbocycles. The summed E-state index contributed by atoms with van der Waals surface area (Å²) in [5.41, 5.74) is 17.5. The number of allylic oxidation sites excluding steroid dienone is 1. The number of hydrogen-bond acceptors (Lipinski definition) is 13. The van der Waals surface area contributed by atoms with Crippen LogP contribution in [-0.4, -0.2) is 122 Å². The number of amides is 1. The first-order chi connectivity index (χ1) is 19.7. The minimum Gasteiger partial charge on any atom is -0.468 e. The second kappa shape index (κ2) is 17.0. The van der Waals surface area contributed by atoms with Crippen molar-refractivity contribution in [3.05, 3.63) is 11.8 Å². The largest absolute Gasteiger partial charge is 0.468 e. The number of aliphatic hydroxyl groups is 3. The van der Waals surface area contributed by atoms with E-state index in [4.69, 9.17) is 36.1 Å². The normalized spacial score (nSPS) is 36.7. The van der Waals surface area contributed by atoms with Gasteiger partial charge in [0.15, 0.2) is 12.6 Å². The molecule has 2 aliphatic heterocycles. The Balaban J connectivity index is 1.63. The Morgan fingerprint density at radius 3 is 2.71 bits per heavy atom. The molecular weight excluding hydrogens is 536 g/mol. The number of rotatable bonds is 15. The summed E-state index contributed by atoms with van der Waals surface area (Å²) in [6.45, 7) is 3.94. The molecule has 1 saturated carbocycles. The van der Waals surface area contributed by atoms with Crippen LogP contribution in [0.3, 0.4) is 0 Å². The highest BCUT2D eigenvalue weighted by atomic mass is 16.7. The fourth-order valence-electron chi connectivity index (χ4n) is 5.67. The highest BCUT2D eigenvalue weighted by Gasteiger charge is 2.49. The Kier molecular flexibility index (Phi) is 14.1. The quantitative estimate of drug-likeness (QED) is 0.0890. The van der Waals surface area contributed by atoms with Crippen LogP contribution >= 0.6 is 0 Å². The van der Waals surface area contributed by atoms with Crippen molar-refractivity contribution in [1.29, 1.82) is 0 Å². The first kappa shape index (κ1) is 34.1. The van der Waals surface area contributed by atoms with E-state index in [2.05, 4.69) is 16.0 Å². The van der Waals surface area contributed by atoms with Crippen LogP contribution in [0.5, 0.6) is 0 Å². The van der Waals surface area contributed by atoms with Crippen molar-refractivity contribution in [2.24, 2.45) is 23.1 Å². The van der Waals surface area contributed by atoms with Crippen LogP contribution in [0.2, 0.25) is 0 Å². The number of aliphatic hydroxyl groups excluding tert-OH is 3. The van der Waals surface area contributed by atoms with Gasteiger partial charge < -0.3 is 67.4 Å². The molecule has 1 amide bonds. The molecule has 2 heterocycles. The molecule has 14 nitrogen and oxygen atoms in total. The zero-order chi connectivity index (χ0) is 29.9. The van der Waals surface area contributed by atoms with E-state index in [1.54, 1.807) is 7.05 Å². The van der Waals surface area contributed by atoms with Crippen molar-refractivity contribution in [3.8, 4) is 0 Å². The van der Waals surface area contributed by atoms with Gasteiger partial charge in [-0.15, -0.1) is 0 Å². The summed E-state index contributed by atoms with van der Waals surface area (Å²) in [6, 6.07) is -1.54. The first-order valence-corrected chi connectivity index (χ1v) is 14.8. The third-order valence-corrected chi connectivity index (χ3v) is 7.97. The van der Waals surface area contributed by atoms with Crippen molar-refractivity contribution in [3.63, 3.8) is 0 Å². The van der Waals surface area contributed by atoms with Crippen LogP contribution in [0.1, 0.15) is 45.4 Å². The van der Waals surface area contributed by atoms with Crippen molar-refractivity contribution in [1.82, 2.24) is 16.0 Å². The van der Waals surface area contributed by atoms with Crippen LogP contribution in [0, 0.1) is 5.92 Å². The molecule has 1 saturated heterocycles. The average molecular weight is 589 g/mol. The lowest BCUT2D eigenvalue weighted by Gasteiger charge is -2.47. The maximum atomic E-state index is 12.4. The summed E-state index contributed by atoms with van der Waals surface area (Å²) in [5.74, 6) is 0.491. The number of carbonyl (C=O) groups excluding carboxylic acids is 1. The van der Waals surface area contributed by atoms with Gasteiger partial charge in [0, 0.05) is 38.0 Å². The summed E-state index contributed by atoms with van der Waals surface area (Å²) in [7, 11) is 1.76. The zero-order valence-corrected chi connectivity index (χ0v) is 24.3. The molecule has 0 spiro atoms. The molecule has 12 N–H and O–H groups in total. The Bertz CT molecular complexity index is 825. The molecular formula is C27H52N6O8. The molecule has 41 heavy (non-hydrogen) atoms. The van der Waals surface area contributed by atoms with Gasteiger partial charge in [-0.25, -0.2) is 0 Å². The molecule has 11 atom stereocenters. The smallest absolute Gasteiger partial charge is 0.221 e. The maximum Gasteiger partial charge on any atom is 0.221 e. The lowest BCUT2D eigenvalue weighted by molar-refractivity contribution is -0.286. The first-order valence-electron chi connectivity index (χ1n) is 14.8. The van der Waals surface area contributed by atoms with E-state index in [1.807, 2.05) is 13.0 Å². The monoisotopic (exact) mass is 588 g/mol. The van der Waals surface area contributed by atoms with Gasteiger partial charge in [0.1, 0.15) is 30.2 Å². The molecule has 1 aliphatic carbocycles. The minimum atomic E-state index is -1.24. The minimum absolute atomic E-state index is 0.0495. The number of hydrogen-bond donors (Lipinski definition) is 9. The lowest BCUT2D eigenvalue weighted by atomic mass is 9.83. The van der Waals surface area contributed by atoms with Gasteiger partial charge in [-0.2, -0.15) is 0 Å². The molecule has 3 rings (SSSR count). The summed E-state index contributed by atoms with van der Waals surface area (Å²) < 4.78 is 24.3. The van der Waals surface area contributed by atoms with Crippen LogP contribution < -0.4 is 33.2 Å². The fraction of sp³-hybridized carbons (Fsp3) is 0.889. The zero-order valence-electron chi connectivity index (χ0n) is 24.3. The van der Waals surface area contributed by atoms with Crippen molar-refractivity contribution in [2.75, 3.05) is 39.8 Å². The molecule has 1 unspecified atom stereocenters. The van der Waals surface area contributed by atoms with Gasteiger partial charge in [0.25, 0.3) is 0 Å². The number of likely N-dealkylation sites (N-methyl/N-ethyl adjacent to an activating group) is 1. The second-order valence-electron chi connectivity index (χ2n) is 11.3. The predicted octanol–water partition coefficient (Wildman–Crippen LogP) is -2.67. The van der Waals surface area contributed by atoms with Gasteiger partial charge in [-0.05, 0) is 51.3 Å². The predicted molar refractivity (Wildman–Crippen MR) is 151 cm³/mol. The van der Waals surface area contributed by atoms with Gasteiger partial charge >= 0.3 is 0 Å². The summed E-state index contributed by atoms with van der Waals surface area (Å²) in [6.07, 6.45) is -1.09. The van der Waals surface area contributed by atoms with Crippen LogP contribution in [0.15, 0.2) is 11.8 Å². The number of carbonyl (C=O) groups is 1. The van der Waals surface area contributed by atoms with Gasteiger partial charge in [-0.3, -0.25) is 4.79 Å². The van der Waals surface area contributed by atoms with E-state index in [0.717, 1.165) is 18.6 Å². The SMILES string of the molecule is CN[C@@H]1[C@@H](O)[C@@H](O[C@@H]2[C@@H](O)[C@H](O[C@@H]3CCC=C(CNCCCC(O)CN)O3)[C@@H](N)C[C@H]2NC(=O)CCN)OC[C@H]1C. The van der Waals surface area contributed by atoms with Gasteiger partial charge in [0.2, 0.25) is 5.91 Å². The Morgan fingerprint density at radius 1 is 1.22 bits per heavy atom. The average Bonchev–Trinajstić information content (AvgIpc) is 2.94. The lowest BCUT2D eigenvalue weighted by Crippen LogP contribution is -2.67. The third kappa shape index (κ3) is 9.79. The summed E-state index contributed by atoms with van der Waals surface area (Å²) in [5, 5.41) is 41.3. The van der Waals surface area contributed by atoms with Crippen LogP contribution in [0.25, 0.3) is 0 Å². The summed E-state index contributed by atoms with van der Waals surface area (Å²) >= 11 is 0. The Morgan fingerprint density at radius 2 is 2.00 bits per heavy atom. The van der Waals surface area contributed by atoms with E-state index in [-0.39, 0.29) is 43.8 Å². The van der Waals surface area contributed by atoms with Gasteiger partial charge in [-0.1, -0.05) is 6.92 Å². The van der Waals surface area contributed by atoms with Gasteiger partial charge in [0.05, 0.1) is 25.3 Å². The molecule has 0 aromatic heterocycles. The van der Waals surface area contributed by atoms with E-state index in [9.17, 15) is 20.1 Å². The Hall–Kier alpha value is -1.43. The van der Waals surface area contributed by atoms with Crippen molar-refractivity contribution < 1.29 is 39.1 Å². The maximum absolute atomic E-state index is 12.4. The van der Waals surface area contributed by atoms with E-state index < -0.39 is 55.2 Å². The molecule has 0 bridgehead atoms. The van der Waals surface area contributed by atoms with Crippen molar-refractivity contribution in [2.45, 2.75) is 107 Å². The molecule has 3 aliphatic rings. The van der Waals surface area contributed by atoms with E-state index in [0.29, 0.717) is 32.5 Å².